The molecule has 0 fully saturated rings. The van der Waals surface area contributed by atoms with Crippen LogP contribution in [0.4, 0.5) is 4.79 Å². The number of primary amides is 1. The topological polar surface area (TPSA) is 108 Å². The highest BCUT2D eigenvalue weighted by atomic mass is 16.5. The second-order valence-electron chi connectivity index (χ2n) is 2.54. The third-order valence-electron chi connectivity index (χ3n) is 1.36. The highest BCUT2D eigenvalue weighted by Crippen LogP contribution is 1.82. The Bertz CT molecular complexity index is 298. The number of carbonyl (C=O) groups excluding carboxylic acids is 1. The first-order valence-corrected chi connectivity index (χ1v) is 4.04. The van der Waals surface area contributed by atoms with Gasteiger partial charge in [-0.05, 0) is 5.21 Å². The molecule has 78 valence electrons. The van der Waals surface area contributed by atoms with Crippen LogP contribution < -0.4 is 11.1 Å². The van der Waals surface area contributed by atoms with E-state index in [0.29, 0.717) is 18.9 Å². The van der Waals surface area contributed by atoms with Crippen LogP contribution in [0.5, 0.6) is 0 Å². The Morgan fingerprint density at radius 1 is 1.71 bits per heavy atom. The number of nitrogens with two attached hydrogens (primary N) is 1. The molecular formula is C6H12N6O2. The number of hydrogen-bond donors (Lipinski definition) is 2. The highest BCUT2D eigenvalue weighted by molar-refractivity contribution is 5.64. The summed E-state index contributed by atoms with van der Waals surface area (Å²) in [6, 6.07) is 0. The fourth-order valence-electron chi connectivity index (χ4n) is 0.818. The molecule has 0 atom stereocenters. The number of tetrazole rings is 1. The first-order valence-electron chi connectivity index (χ1n) is 4.04. The van der Waals surface area contributed by atoms with Crippen LogP contribution in [0.3, 0.4) is 0 Å². The van der Waals surface area contributed by atoms with Crippen molar-refractivity contribution in [2.24, 2.45) is 12.8 Å². The smallest absolute Gasteiger partial charge is 0.404 e. The van der Waals surface area contributed by atoms with Crippen molar-refractivity contribution in [1.82, 2.24) is 25.5 Å². The molecule has 0 bridgehead atoms. The Balaban J connectivity index is 2.07. The summed E-state index contributed by atoms with van der Waals surface area (Å²) in [6.45, 7) is 1.22. The monoisotopic (exact) mass is 200 g/mol. The van der Waals surface area contributed by atoms with E-state index < -0.39 is 6.09 Å². The number of aromatic nitrogens is 4. The van der Waals surface area contributed by atoms with E-state index >= 15 is 0 Å². The molecule has 0 aromatic carbocycles. The molecule has 1 rings (SSSR count). The van der Waals surface area contributed by atoms with Crippen molar-refractivity contribution in [3.63, 3.8) is 0 Å². The van der Waals surface area contributed by atoms with Crippen LogP contribution in [0.1, 0.15) is 5.82 Å². The second-order valence-corrected chi connectivity index (χ2v) is 2.54. The third-order valence-corrected chi connectivity index (χ3v) is 1.36. The van der Waals surface area contributed by atoms with Crippen molar-refractivity contribution in [3.05, 3.63) is 5.82 Å². The number of amides is 1. The number of aryl methyl sites for hydroxylation is 1. The summed E-state index contributed by atoms with van der Waals surface area (Å²) >= 11 is 0. The minimum absolute atomic E-state index is 0.232. The molecule has 0 unspecified atom stereocenters. The van der Waals surface area contributed by atoms with Crippen molar-refractivity contribution < 1.29 is 9.53 Å². The fourth-order valence-corrected chi connectivity index (χ4v) is 0.818. The van der Waals surface area contributed by atoms with Gasteiger partial charge in [-0.15, -0.1) is 10.2 Å². The standard InChI is InChI=1S/C6H12N6O2/c1-12-10-5(9-11-12)4-8-2-3-14-6(7)13/h8H,2-4H2,1H3,(H2,7,13). The van der Waals surface area contributed by atoms with E-state index in [1.165, 1.54) is 4.80 Å². The normalized spacial score (nSPS) is 10.1. The largest absolute Gasteiger partial charge is 0.448 e. The van der Waals surface area contributed by atoms with Crippen LogP contribution in [-0.4, -0.2) is 39.5 Å². The number of nitrogens with one attached hydrogen (secondary N) is 1. The third kappa shape index (κ3) is 3.81. The second kappa shape index (κ2) is 5.12. The lowest BCUT2D eigenvalue weighted by molar-refractivity contribution is 0.157. The maximum Gasteiger partial charge on any atom is 0.404 e. The Morgan fingerprint density at radius 2 is 2.50 bits per heavy atom. The van der Waals surface area contributed by atoms with Crippen LogP contribution in [0.25, 0.3) is 0 Å². The molecule has 8 nitrogen and oxygen atoms in total. The molecule has 0 saturated carbocycles. The molecule has 0 saturated heterocycles. The van der Waals surface area contributed by atoms with Crippen molar-refractivity contribution in [2.75, 3.05) is 13.2 Å². The van der Waals surface area contributed by atoms with E-state index in [9.17, 15) is 4.79 Å². The van der Waals surface area contributed by atoms with Crippen LogP contribution in [0.15, 0.2) is 0 Å². The van der Waals surface area contributed by atoms with Gasteiger partial charge in [0.25, 0.3) is 0 Å². The predicted octanol–water partition coefficient (Wildman–Crippen LogP) is -1.60. The molecule has 1 heterocycles. The molecular weight excluding hydrogens is 188 g/mol. The van der Waals surface area contributed by atoms with Gasteiger partial charge in [-0.2, -0.15) is 4.80 Å². The molecule has 0 radical (unpaired) electrons. The van der Waals surface area contributed by atoms with Gasteiger partial charge in [-0.3, -0.25) is 0 Å². The van der Waals surface area contributed by atoms with E-state index in [1.807, 2.05) is 0 Å². The van der Waals surface area contributed by atoms with E-state index in [1.54, 1.807) is 7.05 Å². The molecule has 0 spiro atoms. The molecule has 1 aromatic rings. The first-order chi connectivity index (χ1) is 6.68. The van der Waals surface area contributed by atoms with Crippen LogP contribution in [0.2, 0.25) is 0 Å². The number of ether oxygens (including phenoxy) is 1. The summed E-state index contributed by atoms with van der Waals surface area (Å²) in [6.07, 6.45) is -0.774. The zero-order valence-corrected chi connectivity index (χ0v) is 7.80. The van der Waals surface area contributed by atoms with Crippen molar-refractivity contribution in [2.45, 2.75) is 6.54 Å². The minimum atomic E-state index is -0.774. The van der Waals surface area contributed by atoms with Crippen molar-refractivity contribution in [1.29, 1.82) is 0 Å². The van der Waals surface area contributed by atoms with Crippen molar-refractivity contribution in [3.8, 4) is 0 Å². The molecule has 0 aliphatic rings. The first kappa shape index (κ1) is 10.4. The summed E-state index contributed by atoms with van der Waals surface area (Å²) in [5, 5.41) is 14.3. The van der Waals surface area contributed by atoms with Gasteiger partial charge < -0.3 is 15.8 Å². The quantitative estimate of drug-likeness (QED) is 0.554. The van der Waals surface area contributed by atoms with Crippen LogP contribution >= 0.6 is 0 Å². The van der Waals surface area contributed by atoms with Gasteiger partial charge in [0.2, 0.25) is 0 Å². The Hall–Kier alpha value is -1.70. The summed E-state index contributed by atoms with van der Waals surface area (Å²) < 4.78 is 4.50. The molecule has 3 N–H and O–H groups in total. The fraction of sp³-hybridized carbons (Fsp3) is 0.667. The predicted molar refractivity (Wildman–Crippen MR) is 46.0 cm³/mol. The summed E-state index contributed by atoms with van der Waals surface area (Å²) in [7, 11) is 1.69. The van der Waals surface area contributed by atoms with Crippen molar-refractivity contribution >= 4 is 6.09 Å². The molecule has 0 aliphatic heterocycles. The molecule has 14 heavy (non-hydrogen) atoms. The number of carbonyl (C=O) groups is 1. The Morgan fingerprint density at radius 3 is 3.07 bits per heavy atom. The molecule has 1 amide bonds. The molecule has 0 aliphatic carbocycles. The lowest BCUT2D eigenvalue weighted by Gasteiger charge is -2.01. The zero-order chi connectivity index (χ0) is 10.4. The summed E-state index contributed by atoms with van der Waals surface area (Å²) in [5.74, 6) is 0.589. The van der Waals surface area contributed by atoms with E-state index in [-0.39, 0.29) is 6.61 Å². The zero-order valence-electron chi connectivity index (χ0n) is 7.80. The van der Waals surface area contributed by atoms with Gasteiger partial charge in [-0.1, -0.05) is 0 Å². The summed E-state index contributed by atoms with van der Waals surface area (Å²) in [4.78, 5) is 11.5. The molecule has 8 heteroatoms. The average Bonchev–Trinajstić information content (AvgIpc) is 2.50. The van der Waals surface area contributed by atoms with Gasteiger partial charge >= 0.3 is 6.09 Å². The lowest BCUT2D eigenvalue weighted by Crippen LogP contribution is -2.23. The number of nitrogens with zero attached hydrogens (tertiary/aromatic N) is 4. The highest BCUT2D eigenvalue weighted by Gasteiger charge is 1.99. The van der Waals surface area contributed by atoms with E-state index in [0.717, 1.165) is 0 Å². The SMILES string of the molecule is Cn1nnc(CNCCOC(N)=O)n1. The van der Waals surface area contributed by atoms with Gasteiger partial charge in [0.05, 0.1) is 13.6 Å². The molecule has 1 aromatic heterocycles. The maximum absolute atomic E-state index is 10.2. The van der Waals surface area contributed by atoms with Crippen LogP contribution in [-0.2, 0) is 18.3 Å². The summed E-state index contributed by atoms with van der Waals surface area (Å²) in [5.41, 5.74) is 4.76. The van der Waals surface area contributed by atoms with E-state index in [2.05, 4.69) is 25.5 Å². The van der Waals surface area contributed by atoms with Gasteiger partial charge in [0.1, 0.15) is 6.61 Å². The minimum Gasteiger partial charge on any atom is -0.448 e. The van der Waals surface area contributed by atoms with Crippen LogP contribution in [0, 0.1) is 0 Å². The number of rotatable bonds is 5. The van der Waals surface area contributed by atoms with Gasteiger partial charge in [0.15, 0.2) is 5.82 Å². The average molecular weight is 200 g/mol. The Kier molecular flexibility index (Phi) is 3.80. The Labute approximate surface area is 80.4 Å². The number of hydrogen-bond acceptors (Lipinski definition) is 6. The maximum atomic E-state index is 10.2. The lowest BCUT2D eigenvalue weighted by atomic mass is 10.5. The van der Waals surface area contributed by atoms with Gasteiger partial charge in [0, 0.05) is 6.54 Å². The van der Waals surface area contributed by atoms with E-state index in [4.69, 9.17) is 5.73 Å². The van der Waals surface area contributed by atoms with Gasteiger partial charge in [-0.25, -0.2) is 4.79 Å².